The smallest absolute Gasteiger partial charge is 0.341 e. The SMILES string of the molecule is CCOC(=O)c1c(CC(C)C)csc1NC(=O)CN1CCC[C@@H]1C(=O)N(C)C. The molecule has 1 aliphatic rings. The molecule has 0 unspecified atom stereocenters. The number of likely N-dealkylation sites (N-methyl/N-ethyl adjacent to an activating group) is 1. The zero-order chi connectivity index (χ0) is 20.8. The van der Waals surface area contributed by atoms with Crippen molar-refractivity contribution in [2.24, 2.45) is 5.92 Å². The number of nitrogens with zero attached hydrogens (tertiary/aromatic N) is 2. The molecule has 8 heteroatoms. The summed E-state index contributed by atoms with van der Waals surface area (Å²) in [5, 5.41) is 5.31. The normalized spacial score (nSPS) is 17.0. The molecular formula is C20H31N3O4S. The second-order valence-corrected chi connectivity index (χ2v) is 8.57. The standard InChI is InChI=1S/C20H31N3O4S/c1-6-27-20(26)17-14(10-13(2)3)12-28-18(17)21-16(24)11-23-9-7-8-15(23)19(25)22(4)5/h12-13,15H,6-11H2,1-5H3,(H,21,24)/t15-/m1/s1. The molecule has 1 aliphatic heterocycles. The topological polar surface area (TPSA) is 79.0 Å². The van der Waals surface area contributed by atoms with E-state index in [1.54, 1.807) is 25.9 Å². The van der Waals surface area contributed by atoms with Crippen molar-refractivity contribution in [2.45, 2.75) is 46.1 Å². The predicted molar refractivity (Wildman–Crippen MR) is 111 cm³/mol. The van der Waals surface area contributed by atoms with Crippen LogP contribution in [0.4, 0.5) is 5.00 Å². The number of rotatable bonds is 8. The third-order valence-electron chi connectivity index (χ3n) is 4.66. The monoisotopic (exact) mass is 409 g/mol. The van der Waals surface area contributed by atoms with Crippen molar-refractivity contribution in [1.29, 1.82) is 0 Å². The van der Waals surface area contributed by atoms with Crippen LogP contribution >= 0.6 is 11.3 Å². The van der Waals surface area contributed by atoms with Crippen molar-refractivity contribution in [3.8, 4) is 0 Å². The summed E-state index contributed by atoms with van der Waals surface area (Å²) in [6.45, 7) is 7.06. The second-order valence-electron chi connectivity index (χ2n) is 7.69. The molecule has 0 radical (unpaired) electrons. The summed E-state index contributed by atoms with van der Waals surface area (Å²) < 4.78 is 5.19. The molecule has 2 heterocycles. The maximum absolute atomic E-state index is 12.6. The highest BCUT2D eigenvalue weighted by Crippen LogP contribution is 2.31. The van der Waals surface area contributed by atoms with E-state index in [2.05, 4.69) is 19.2 Å². The van der Waals surface area contributed by atoms with E-state index in [0.29, 0.717) is 23.0 Å². The molecule has 2 rings (SSSR count). The quantitative estimate of drug-likeness (QED) is 0.668. The number of anilines is 1. The van der Waals surface area contributed by atoms with E-state index in [1.807, 2.05) is 10.3 Å². The molecule has 1 N–H and O–H groups in total. The maximum Gasteiger partial charge on any atom is 0.341 e. The Morgan fingerprint density at radius 3 is 2.68 bits per heavy atom. The lowest BCUT2D eigenvalue weighted by Crippen LogP contribution is -2.45. The molecule has 1 aromatic heterocycles. The zero-order valence-corrected chi connectivity index (χ0v) is 18.2. The van der Waals surface area contributed by atoms with Gasteiger partial charge in [0.25, 0.3) is 0 Å². The highest BCUT2D eigenvalue weighted by atomic mass is 32.1. The minimum absolute atomic E-state index is 0.0212. The van der Waals surface area contributed by atoms with E-state index in [9.17, 15) is 14.4 Å². The summed E-state index contributed by atoms with van der Waals surface area (Å²) in [7, 11) is 3.46. The Morgan fingerprint density at radius 2 is 2.07 bits per heavy atom. The fourth-order valence-corrected chi connectivity index (χ4v) is 4.43. The van der Waals surface area contributed by atoms with Gasteiger partial charge < -0.3 is 15.0 Å². The van der Waals surface area contributed by atoms with Crippen molar-refractivity contribution in [3.05, 3.63) is 16.5 Å². The van der Waals surface area contributed by atoms with Gasteiger partial charge in [0.1, 0.15) is 5.00 Å². The van der Waals surface area contributed by atoms with Crippen LogP contribution in [-0.2, 0) is 20.7 Å². The van der Waals surface area contributed by atoms with Crippen molar-refractivity contribution in [3.63, 3.8) is 0 Å². The molecule has 0 saturated carbocycles. The minimum atomic E-state index is -0.406. The Kier molecular flexibility index (Phi) is 8.00. The molecule has 7 nitrogen and oxygen atoms in total. The third-order valence-corrected chi connectivity index (χ3v) is 5.61. The van der Waals surface area contributed by atoms with Gasteiger partial charge in [-0.15, -0.1) is 11.3 Å². The molecule has 1 saturated heterocycles. The van der Waals surface area contributed by atoms with Crippen LogP contribution in [0.25, 0.3) is 0 Å². The first-order valence-corrected chi connectivity index (χ1v) is 10.6. The van der Waals surface area contributed by atoms with Gasteiger partial charge in [-0.25, -0.2) is 4.79 Å². The summed E-state index contributed by atoms with van der Waals surface area (Å²) in [6.07, 6.45) is 2.39. The van der Waals surface area contributed by atoms with E-state index >= 15 is 0 Å². The second kappa shape index (κ2) is 10.0. The van der Waals surface area contributed by atoms with Crippen LogP contribution < -0.4 is 5.32 Å². The molecule has 0 aliphatic carbocycles. The lowest BCUT2D eigenvalue weighted by atomic mass is 10.0. The molecule has 1 atom stereocenters. The molecule has 1 aromatic rings. The molecule has 28 heavy (non-hydrogen) atoms. The summed E-state index contributed by atoms with van der Waals surface area (Å²) in [6, 6.07) is -0.259. The number of nitrogens with one attached hydrogen (secondary N) is 1. The van der Waals surface area contributed by atoms with Crippen molar-refractivity contribution in [1.82, 2.24) is 9.80 Å². The average Bonchev–Trinajstić information content (AvgIpc) is 3.21. The highest BCUT2D eigenvalue weighted by Gasteiger charge is 2.33. The number of amides is 2. The van der Waals surface area contributed by atoms with Gasteiger partial charge in [-0.2, -0.15) is 0 Å². The van der Waals surface area contributed by atoms with Gasteiger partial charge in [0.2, 0.25) is 11.8 Å². The first-order valence-electron chi connectivity index (χ1n) is 9.77. The Hall–Kier alpha value is -1.93. The van der Waals surface area contributed by atoms with Gasteiger partial charge in [0, 0.05) is 14.1 Å². The predicted octanol–water partition coefficient (Wildman–Crippen LogP) is 2.61. The van der Waals surface area contributed by atoms with Crippen LogP contribution in [0.1, 0.15) is 49.5 Å². The van der Waals surface area contributed by atoms with E-state index in [-0.39, 0.29) is 31.0 Å². The van der Waals surface area contributed by atoms with Crippen molar-refractivity contribution < 1.29 is 19.1 Å². The molecule has 0 spiro atoms. The van der Waals surface area contributed by atoms with Crippen molar-refractivity contribution in [2.75, 3.05) is 39.1 Å². The van der Waals surface area contributed by atoms with E-state index in [0.717, 1.165) is 24.8 Å². The number of hydrogen-bond acceptors (Lipinski definition) is 6. The third kappa shape index (κ3) is 5.54. The number of carbonyl (C=O) groups excluding carboxylic acids is 3. The summed E-state index contributed by atoms with van der Waals surface area (Å²) in [5.74, 6) is -0.222. The molecular weight excluding hydrogens is 378 g/mol. The number of thiophene rings is 1. The maximum atomic E-state index is 12.6. The van der Waals surface area contributed by atoms with Gasteiger partial charge in [-0.3, -0.25) is 14.5 Å². The minimum Gasteiger partial charge on any atom is -0.462 e. The molecule has 0 bridgehead atoms. The Bertz CT molecular complexity index is 714. The van der Waals surface area contributed by atoms with Crippen LogP contribution in [0.3, 0.4) is 0 Å². The van der Waals surface area contributed by atoms with E-state index in [1.165, 1.54) is 11.3 Å². The molecule has 1 fully saturated rings. The Labute approximate surface area is 171 Å². The fourth-order valence-electron chi connectivity index (χ4n) is 3.45. The fraction of sp³-hybridized carbons (Fsp3) is 0.650. The Morgan fingerprint density at radius 1 is 1.36 bits per heavy atom. The molecule has 2 amide bonds. The Balaban J connectivity index is 2.11. The van der Waals surface area contributed by atoms with E-state index < -0.39 is 5.97 Å². The molecule has 156 valence electrons. The number of esters is 1. The largest absolute Gasteiger partial charge is 0.462 e. The summed E-state index contributed by atoms with van der Waals surface area (Å²) in [5.41, 5.74) is 1.35. The van der Waals surface area contributed by atoms with Crippen molar-refractivity contribution >= 4 is 34.1 Å². The number of carbonyl (C=O) groups is 3. The lowest BCUT2D eigenvalue weighted by Gasteiger charge is -2.25. The van der Waals surface area contributed by atoms with Crippen LogP contribution in [0.2, 0.25) is 0 Å². The van der Waals surface area contributed by atoms with Gasteiger partial charge in [-0.1, -0.05) is 13.8 Å². The summed E-state index contributed by atoms with van der Waals surface area (Å²) in [4.78, 5) is 40.9. The number of likely N-dealkylation sites (tertiary alicyclic amines) is 1. The van der Waals surface area contributed by atoms with Gasteiger partial charge in [0.15, 0.2) is 0 Å². The molecule has 0 aromatic carbocycles. The number of hydrogen-bond donors (Lipinski definition) is 1. The van der Waals surface area contributed by atoms with Crippen LogP contribution in [0.15, 0.2) is 5.38 Å². The summed E-state index contributed by atoms with van der Waals surface area (Å²) >= 11 is 1.34. The first-order chi connectivity index (χ1) is 13.2. The first kappa shape index (κ1) is 22.4. The van der Waals surface area contributed by atoms with Crippen LogP contribution in [-0.4, -0.2) is 67.4 Å². The van der Waals surface area contributed by atoms with Gasteiger partial charge >= 0.3 is 5.97 Å². The van der Waals surface area contributed by atoms with Crippen LogP contribution in [0, 0.1) is 5.92 Å². The lowest BCUT2D eigenvalue weighted by molar-refractivity contribution is -0.133. The zero-order valence-electron chi connectivity index (χ0n) is 17.4. The van der Waals surface area contributed by atoms with E-state index in [4.69, 9.17) is 4.74 Å². The van der Waals surface area contributed by atoms with Crippen LogP contribution in [0.5, 0.6) is 0 Å². The highest BCUT2D eigenvalue weighted by molar-refractivity contribution is 7.15. The van der Waals surface area contributed by atoms with Gasteiger partial charge in [0.05, 0.1) is 24.8 Å². The van der Waals surface area contributed by atoms with Gasteiger partial charge in [-0.05, 0) is 49.6 Å². The average molecular weight is 410 g/mol. The number of ether oxygens (including phenoxy) is 1.